The van der Waals surface area contributed by atoms with Gasteiger partial charge in [0, 0.05) is 25.3 Å². The van der Waals surface area contributed by atoms with Gasteiger partial charge < -0.3 is 24.4 Å². The molecular formula is C22H28O8. The predicted molar refractivity (Wildman–Crippen MR) is 107 cm³/mol. The predicted octanol–water partition coefficient (Wildman–Crippen LogP) is 1.53. The Labute approximate surface area is 175 Å². The zero-order chi connectivity index (χ0) is 22.4. The second kappa shape index (κ2) is 10.4. The minimum Gasteiger partial charge on any atom is -0.458 e. The minimum absolute atomic E-state index is 0.0784. The third-order valence-electron chi connectivity index (χ3n) is 5.14. The molecule has 0 saturated carbocycles. The molecule has 8 heteroatoms. The number of carbonyl (C=O) groups is 3. The summed E-state index contributed by atoms with van der Waals surface area (Å²) in [5.74, 6) is -2.44. The minimum atomic E-state index is -0.786. The van der Waals surface area contributed by atoms with Crippen LogP contribution < -0.4 is 0 Å². The molecule has 1 unspecified atom stereocenters. The van der Waals surface area contributed by atoms with Crippen molar-refractivity contribution >= 4 is 17.9 Å². The number of ether oxygens (including phenoxy) is 3. The van der Waals surface area contributed by atoms with Crippen LogP contribution in [-0.4, -0.2) is 59.6 Å². The Balaban J connectivity index is 2.42. The van der Waals surface area contributed by atoms with Crippen LogP contribution in [0, 0.1) is 5.92 Å². The quantitative estimate of drug-likeness (QED) is 0.297. The summed E-state index contributed by atoms with van der Waals surface area (Å²) in [5, 5.41) is 18.4. The van der Waals surface area contributed by atoms with Gasteiger partial charge in [0.2, 0.25) is 0 Å². The molecule has 2 rings (SSSR count). The molecule has 1 aliphatic carbocycles. The zero-order valence-electron chi connectivity index (χ0n) is 17.4. The first-order valence-electron chi connectivity index (χ1n) is 9.70. The molecule has 1 fully saturated rings. The van der Waals surface area contributed by atoms with Gasteiger partial charge in [0.05, 0.1) is 24.7 Å². The lowest BCUT2D eigenvalue weighted by Crippen LogP contribution is -2.34. The molecule has 0 amide bonds. The molecule has 1 heterocycles. The molecule has 0 aromatic heterocycles. The van der Waals surface area contributed by atoms with Gasteiger partial charge in [-0.05, 0) is 31.6 Å². The molecule has 0 bridgehead atoms. The first kappa shape index (κ1) is 23.6. The van der Waals surface area contributed by atoms with Gasteiger partial charge in [-0.15, -0.1) is 0 Å². The first-order chi connectivity index (χ1) is 14.2. The molecule has 0 aromatic carbocycles. The van der Waals surface area contributed by atoms with E-state index in [0.717, 1.165) is 5.57 Å². The summed E-state index contributed by atoms with van der Waals surface area (Å²) in [6, 6.07) is 0. The largest absolute Gasteiger partial charge is 0.458 e. The number of carbonyl (C=O) groups excluding carboxylic acids is 3. The lowest BCUT2D eigenvalue weighted by molar-refractivity contribution is -0.148. The Morgan fingerprint density at radius 1 is 1.30 bits per heavy atom. The van der Waals surface area contributed by atoms with Crippen LogP contribution in [0.3, 0.4) is 0 Å². The van der Waals surface area contributed by atoms with Gasteiger partial charge in [-0.2, -0.15) is 0 Å². The van der Waals surface area contributed by atoms with E-state index in [2.05, 4.69) is 6.58 Å². The molecule has 2 aliphatic rings. The van der Waals surface area contributed by atoms with Crippen molar-refractivity contribution in [3.63, 3.8) is 0 Å². The Hall–Kier alpha value is -2.71. The van der Waals surface area contributed by atoms with Crippen molar-refractivity contribution in [2.75, 3.05) is 13.2 Å². The van der Waals surface area contributed by atoms with E-state index >= 15 is 0 Å². The van der Waals surface area contributed by atoms with E-state index in [4.69, 9.17) is 19.3 Å². The van der Waals surface area contributed by atoms with Crippen LogP contribution in [-0.2, 0) is 28.6 Å². The number of fused-ring (bicyclic) bond motifs is 1. The smallest absolute Gasteiger partial charge is 0.336 e. The summed E-state index contributed by atoms with van der Waals surface area (Å²) in [7, 11) is 0. The molecule has 164 valence electrons. The van der Waals surface area contributed by atoms with Gasteiger partial charge in [0.25, 0.3) is 0 Å². The molecule has 2 N–H and O–H groups in total. The highest BCUT2D eigenvalue weighted by atomic mass is 16.6. The number of hydrogen-bond acceptors (Lipinski definition) is 8. The van der Waals surface area contributed by atoms with Gasteiger partial charge in [-0.25, -0.2) is 9.59 Å². The normalized spacial score (nSPS) is 30.9. The van der Waals surface area contributed by atoms with Crippen molar-refractivity contribution in [2.24, 2.45) is 5.92 Å². The van der Waals surface area contributed by atoms with Crippen LogP contribution in [0.2, 0.25) is 0 Å². The lowest BCUT2D eigenvalue weighted by atomic mass is 9.85. The number of hydrogen-bond donors (Lipinski definition) is 2. The second-order valence-corrected chi connectivity index (χ2v) is 7.43. The van der Waals surface area contributed by atoms with Crippen LogP contribution in [0.5, 0.6) is 0 Å². The molecule has 0 spiro atoms. The topological polar surface area (TPSA) is 119 Å². The average Bonchev–Trinajstić information content (AvgIpc) is 2.94. The van der Waals surface area contributed by atoms with Crippen molar-refractivity contribution < 1.29 is 38.8 Å². The van der Waals surface area contributed by atoms with Crippen molar-refractivity contribution in [3.8, 4) is 0 Å². The maximum absolute atomic E-state index is 12.5. The second-order valence-electron chi connectivity index (χ2n) is 7.43. The average molecular weight is 420 g/mol. The molecule has 0 radical (unpaired) electrons. The fourth-order valence-corrected chi connectivity index (χ4v) is 3.56. The fourth-order valence-electron chi connectivity index (χ4n) is 3.56. The van der Waals surface area contributed by atoms with E-state index in [0.29, 0.717) is 18.4 Å². The van der Waals surface area contributed by atoms with Gasteiger partial charge in [0.15, 0.2) is 0 Å². The van der Waals surface area contributed by atoms with Gasteiger partial charge in [0.1, 0.15) is 18.3 Å². The van der Waals surface area contributed by atoms with E-state index in [-0.39, 0.29) is 11.1 Å². The van der Waals surface area contributed by atoms with E-state index in [9.17, 15) is 19.5 Å². The molecule has 1 saturated heterocycles. The number of rotatable bonds is 5. The van der Waals surface area contributed by atoms with Crippen molar-refractivity contribution in [3.05, 3.63) is 47.1 Å². The van der Waals surface area contributed by atoms with Crippen LogP contribution in [0.4, 0.5) is 0 Å². The van der Waals surface area contributed by atoms with Gasteiger partial charge >= 0.3 is 17.9 Å². The zero-order valence-corrected chi connectivity index (χ0v) is 17.4. The summed E-state index contributed by atoms with van der Waals surface area (Å²) < 4.78 is 16.5. The number of aliphatic hydroxyl groups excluding tert-OH is 2. The summed E-state index contributed by atoms with van der Waals surface area (Å²) in [4.78, 5) is 36.2. The summed E-state index contributed by atoms with van der Waals surface area (Å²) in [5.41, 5.74) is 1.67. The monoisotopic (exact) mass is 420 g/mol. The summed E-state index contributed by atoms with van der Waals surface area (Å²) in [6.07, 6.45) is 3.45. The Kier molecular flexibility index (Phi) is 8.14. The highest BCUT2D eigenvalue weighted by Crippen LogP contribution is 2.36. The molecule has 30 heavy (non-hydrogen) atoms. The summed E-state index contributed by atoms with van der Waals surface area (Å²) in [6.45, 7) is 7.76. The summed E-state index contributed by atoms with van der Waals surface area (Å²) >= 11 is 0. The van der Waals surface area contributed by atoms with Crippen LogP contribution >= 0.6 is 0 Å². The molecule has 1 aliphatic heterocycles. The van der Waals surface area contributed by atoms with Crippen LogP contribution in [0.15, 0.2) is 47.1 Å². The van der Waals surface area contributed by atoms with E-state index < -0.39 is 55.4 Å². The van der Waals surface area contributed by atoms with Crippen molar-refractivity contribution in [1.82, 2.24) is 0 Å². The Bertz CT molecular complexity index is 804. The van der Waals surface area contributed by atoms with Gasteiger partial charge in [-0.1, -0.05) is 18.2 Å². The van der Waals surface area contributed by atoms with Crippen LogP contribution in [0.25, 0.3) is 0 Å². The van der Waals surface area contributed by atoms with E-state index in [1.165, 1.54) is 13.0 Å². The molecule has 0 aromatic rings. The highest BCUT2D eigenvalue weighted by molar-refractivity contribution is 5.92. The van der Waals surface area contributed by atoms with Crippen molar-refractivity contribution in [2.45, 2.75) is 51.9 Å². The Morgan fingerprint density at radius 2 is 2.00 bits per heavy atom. The van der Waals surface area contributed by atoms with Crippen molar-refractivity contribution in [1.29, 1.82) is 0 Å². The molecule has 8 nitrogen and oxygen atoms in total. The maximum atomic E-state index is 12.5. The van der Waals surface area contributed by atoms with E-state index in [1.807, 2.05) is 13.0 Å². The molecule has 4 atom stereocenters. The standard InChI is InChI=1S/C22H28O8/c1-12-5-6-17(28-15(4)25)13(2)10-19-20(14(3)21(26)29-19)18(9-12)30-22(27)16(11-24)7-8-23/h5,7,10,17-20,23-24H,3,6,8-9,11H2,1-2,4H3/b12-5+,13-10-,16-7+/t17-,18-,19?,20-/m1/s1. The number of esters is 3. The number of aliphatic hydroxyl groups is 2. The maximum Gasteiger partial charge on any atom is 0.336 e. The third-order valence-corrected chi connectivity index (χ3v) is 5.14. The first-order valence-corrected chi connectivity index (χ1v) is 9.70. The highest BCUT2D eigenvalue weighted by Gasteiger charge is 2.45. The Morgan fingerprint density at radius 3 is 2.60 bits per heavy atom. The van der Waals surface area contributed by atoms with Gasteiger partial charge in [-0.3, -0.25) is 4.79 Å². The SMILES string of the molecule is C=C1C(=O)OC2/C=C(/C)[C@H](OC(C)=O)C/C=C(\C)C[C@@H](OC(=O)/C(=C/CO)CO)[C@@H]12. The van der Waals surface area contributed by atoms with E-state index in [1.54, 1.807) is 13.0 Å². The molecular weight excluding hydrogens is 392 g/mol. The van der Waals surface area contributed by atoms with Crippen LogP contribution in [0.1, 0.15) is 33.6 Å². The lowest BCUT2D eigenvalue weighted by Gasteiger charge is -2.28. The fraction of sp³-hybridized carbons (Fsp3) is 0.500. The third kappa shape index (κ3) is 5.67.